The summed E-state index contributed by atoms with van der Waals surface area (Å²) in [4.78, 5) is 2.30. The first-order chi connectivity index (χ1) is 6.47. The van der Waals surface area contributed by atoms with Crippen molar-refractivity contribution >= 4 is 10.1 Å². The van der Waals surface area contributed by atoms with Gasteiger partial charge in [0, 0.05) is 6.54 Å². The Bertz CT molecular complexity index is 263. The predicted molar refractivity (Wildman–Crippen MR) is 55.9 cm³/mol. The molecule has 1 fully saturated rings. The fraction of sp³-hybridized carbons (Fsp3) is 1.00. The summed E-state index contributed by atoms with van der Waals surface area (Å²) in [7, 11) is -1.63. The van der Waals surface area contributed by atoms with Crippen molar-refractivity contribution in [3.8, 4) is 0 Å². The van der Waals surface area contributed by atoms with E-state index in [2.05, 4.69) is 11.9 Å². The molecule has 0 aliphatic carbocycles. The standard InChI is InChI=1S/C9H19NO3S/c1-10-6-5-9(8-10)4-2-3-7-14(11,12)13/h9H,2-8H2,1H3,(H,11,12,13). The van der Waals surface area contributed by atoms with Crippen LogP contribution in [0.5, 0.6) is 0 Å². The summed E-state index contributed by atoms with van der Waals surface area (Å²) in [6.45, 7) is 2.29. The Morgan fingerprint density at radius 1 is 1.43 bits per heavy atom. The monoisotopic (exact) mass is 221 g/mol. The fourth-order valence-corrected chi connectivity index (χ4v) is 2.55. The van der Waals surface area contributed by atoms with E-state index in [1.165, 1.54) is 6.42 Å². The minimum Gasteiger partial charge on any atom is -0.306 e. The number of unbranched alkanes of at least 4 members (excludes halogenated alkanes) is 1. The first kappa shape index (κ1) is 11.9. The maximum Gasteiger partial charge on any atom is 0.264 e. The highest BCUT2D eigenvalue weighted by atomic mass is 32.2. The van der Waals surface area contributed by atoms with Crippen LogP contribution in [0.4, 0.5) is 0 Å². The summed E-state index contributed by atoms with van der Waals surface area (Å²) < 4.78 is 29.4. The molecule has 1 N–H and O–H groups in total. The van der Waals surface area contributed by atoms with E-state index in [-0.39, 0.29) is 5.75 Å². The van der Waals surface area contributed by atoms with Crippen molar-refractivity contribution in [3.63, 3.8) is 0 Å². The van der Waals surface area contributed by atoms with Gasteiger partial charge in [-0.2, -0.15) is 8.42 Å². The minimum absolute atomic E-state index is 0.0877. The Morgan fingerprint density at radius 3 is 2.64 bits per heavy atom. The molecule has 0 saturated carbocycles. The molecular formula is C9H19NO3S. The van der Waals surface area contributed by atoms with E-state index in [0.29, 0.717) is 6.42 Å². The molecule has 0 aromatic carbocycles. The quantitative estimate of drug-likeness (QED) is 0.556. The van der Waals surface area contributed by atoms with Gasteiger partial charge in [0.1, 0.15) is 0 Å². The molecule has 1 heterocycles. The topological polar surface area (TPSA) is 57.6 Å². The van der Waals surface area contributed by atoms with Crippen molar-refractivity contribution in [1.29, 1.82) is 0 Å². The van der Waals surface area contributed by atoms with Gasteiger partial charge in [-0.3, -0.25) is 4.55 Å². The molecule has 1 aliphatic rings. The summed E-state index contributed by atoms with van der Waals surface area (Å²) in [5.74, 6) is 0.636. The van der Waals surface area contributed by atoms with Crippen LogP contribution in [0.25, 0.3) is 0 Å². The van der Waals surface area contributed by atoms with Gasteiger partial charge >= 0.3 is 0 Å². The number of rotatable bonds is 5. The second-order valence-electron chi connectivity index (χ2n) is 4.20. The molecule has 0 aromatic rings. The van der Waals surface area contributed by atoms with E-state index < -0.39 is 10.1 Å². The molecule has 0 bridgehead atoms. The Hall–Kier alpha value is -0.130. The highest BCUT2D eigenvalue weighted by molar-refractivity contribution is 7.85. The molecule has 14 heavy (non-hydrogen) atoms. The second-order valence-corrected chi connectivity index (χ2v) is 5.77. The SMILES string of the molecule is CN1CCC(CCCCS(=O)(=O)O)C1. The molecule has 0 amide bonds. The average Bonchev–Trinajstić information content (AvgIpc) is 2.44. The van der Waals surface area contributed by atoms with Gasteiger partial charge in [-0.15, -0.1) is 0 Å². The van der Waals surface area contributed by atoms with Crippen LogP contribution >= 0.6 is 0 Å². The van der Waals surface area contributed by atoms with Gasteiger partial charge in [-0.05, 0) is 38.8 Å². The predicted octanol–water partition coefficient (Wildman–Crippen LogP) is 0.996. The van der Waals surface area contributed by atoms with Gasteiger partial charge < -0.3 is 4.90 Å². The smallest absolute Gasteiger partial charge is 0.264 e. The van der Waals surface area contributed by atoms with Crippen LogP contribution < -0.4 is 0 Å². The molecule has 1 rings (SSSR count). The van der Waals surface area contributed by atoms with E-state index in [9.17, 15) is 8.42 Å². The number of likely N-dealkylation sites (tertiary alicyclic amines) is 1. The van der Waals surface area contributed by atoms with Gasteiger partial charge in [0.25, 0.3) is 10.1 Å². The number of hydrogen-bond acceptors (Lipinski definition) is 3. The summed E-state index contributed by atoms with van der Waals surface area (Å²) in [5, 5.41) is 0. The molecule has 1 aliphatic heterocycles. The van der Waals surface area contributed by atoms with E-state index in [1.54, 1.807) is 0 Å². The normalized spacial score (nSPS) is 24.3. The van der Waals surface area contributed by atoms with Crippen LogP contribution in [-0.4, -0.2) is 43.8 Å². The summed E-state index contributed by atoms with van der Waals surface area (Å²) in [6, 6.07) is 0. The van der Waals surface area contributed by atoms with Crippen molar-refractivity contribution in [3.05, 3.63) is 0 Å². The van der Waals surface area contributed by atoms with Gasteiger partial charge in [0.2, 0.25) is 0 Å². The first-order valence-electron chi connectivity index (χ1n) is 5.11. The summed E-state index contributed by atoms with van der Waals surface area (Å²) in [6.07, 6.45) is 3.79. The lowest BCUT2D eigenvalue weighted by Crippen LogP contribution is -2.14. The molecule has 1 saturated heterocycles. The highest BCUT2D eigenvalue weighted by Crippen LogP contribution is 2.20. The first-order valence-corrected chi connectivity index (χ1v) is 6.72. The number of nitrogens with zero attached hydrogens (tertiary/aromatic N) is 1. The van der Waals surface area contributed by atoms with E-state index in [4.69, 9.17) is 4.55 Å². The highest BCUT2D eigenvalue weighted by Gasteiger charge is 2.18. The Kier molecular flexibility index (Phi) is 4.34. The van der Waals surface area contributed by atoms with E-state index in [0.717, 1.165) is 31.8 Å². The van der Waals surface area contributed by atoms with Crippen LogP contribution in [-0.2, 0) is 10.1 Å². The molecule has 5 heteroatoms. The van der Waals surface area contributed by atoms with Crippen LogP contribution in [0.15, 0.2) is 0 Å². The zero-order valence-corrected chi connectivity index (χ0v) is 9.46. The maximum absolute atomic E-state index is 10.4. The third kappa shape index (κ3) is 4.93. The summed E-state index contributed by atoms with van der Waals surface area (Å²) >= 11 is 0. The largest absolute Gasteiger partial charge is 0.306 e. The number of hydrogen-bond donors (Lipinski definition) is 1. The van der Waals surface area contributed by atoms with Crippen LogP contribution in [0.3, 0.4) is 0 Å². The lowest BCUT2D eigenvalue weighted by Gasteiger charge is -2.09. The average molecular weight is 221 g/mol. The van der Waals surface area contributed by atoms with Gasteiger partial charge in [0.15, 0.2) is 0 Å². The van der Waals surface area contributed by atoms with Crippen molar-refractivity contribution in [2.24, 2.45) is 5.92 Å². The van der Waals surface area contributed by atoms with Crippen molar-refractivity contribution in [2.45, 2.75) is 25.7 Å². The third-order valence-electron chi connectivity index (χ3n) is 2.75. The van der Waals surface area contributed by atoms with E-state index in [1.807, 2.05) is 0 Å². The molecule has 0 radical (unpaired) electrons. The third-order valence-corrected chi connectivity index (χ3v) is 3.56. The molecule has 0 spiro atoms. The van der Waals surface area contributed by atoms with Crippen molar-refractivity contribution in [1.82, 2.24) is 4.90 Å². The molecule has 4 nitrogen and oxygen atoms in total. The van der Waals surface area contributed by atoms with E-state index >= 15 is 0 Å². The summed E-state index contributed by atoms with van der Waals surface area (Å²) in [5.41, 5.74) is 0. The van der Waals surface area contributed by atoms with Gasteiger partial charge in [0.05, 0.1) is 5.75 Å². The van der Waals surface area contributed by atoms with Gasteiger partial charge in [-0.25, -0.2) is 0 Å². The Balaban J connectivity index is 2.05. The lowest BCUT2D eigenvalue weighted by molar-refractivity contribution is 0.384. The minimum atomic E-state index is -3.74. The molecule has 1 unspecified atom stereocenters. The zero-order valence-electron chi connectivity index (χ0n) is 8.65. The second kappa shape index (κ2) is 5.09. The molecular weight excluding hydrogens is 202 g/mol. The Morgan fingerprint density at radius 2 is 2.14 bits per heavy atom. The van der Waals surface area contributed by atoms with Crippen LogP contribution in [0.2, 0.25) is 0 Å². The molecule has 84 valence electrons. The van der Waals surface area contributed by atoms with Crippen molar-refractivity contribution in [2.75, 3.05) is 25.9 Å². The van der Waals surface area contributed by atoms with Crippen molar-refractivity contribution < 1.29 is 13.0 Å². The van der Waals surface area contributed by atoms with Crippen LogP contribution in [0, 0.1) is 5.92 Å². The fourth-order valence-electron chi connectivity index (χ4n) is 1.98. The Labute approximate surface area is 86.0 Å². The maximum atomic E-state index is 10.4. The van der Waals surface area contributed by atoms with Crippen LogP contribution in [0.1, 0.15) is 25.7 Å². The van der Waals surface area contributed by atoms with Gasteiger partial charge in [-0.1, -0.05) is 6.42 Å². The zero-order chi connectivity index (χ0) is 10.6. The molecule has 1 atom stereocenters. The molecule has 0 aromatic heterocycles. The lowest BCUT2D eigenvalue weighted by atomic mass is 10.0.